The zero-order valence-electron chi connectivity index (χ0n) is 13.3. The van der Waals surface area contributed by atoms with Crippen molar-refractivity contribution in [2.75, 3.05) is 32.4 Å². The molecule has 0 aromatic rings. The second kappa shape index (κ2) is 6.45. The molecule has 2 atom stereocenters. The predicted octanol–water partition coefficient (Wildman–Crippen LogP) is 0.401. The van der Waals surface area contributed by atoms with Gasteiger partial charge in [0.15, 0.2) is 0 Å². The summed E-state index contributed by atoms with van der Waals surface area (Å²) in [7, 11) is -3.12. The zero-order valence-corrected chi connectivity index (χ0v) is 14.1. The number of hydrogen-bond donors (Lipinski definition) is 1. The molecule has 1 N–H and O–H groups in total. The molecule has 0 aromatic carbocycles. The van der Waals surface area contributed by atoms with Crippen LogP contribution in [0.1, 0.15) is 38.5 Å². The van der Waals surface area contributed by atoms with Gasteiger partial charge in [-0.3, -0.25) is 9.69 Å². The van der Waals surface area contributed by atoms with Gasteiger partial charge in [-0.25, -0.2) is 12.7 Å². The van der Waals surface area contributed by atoms with E-state index in [1.54, 1.807) is 0 Å². The van der Waals surface area contributed by atoms with Crippen molar-refractivity contribution in [3.63, 3.8) is 0 Å². The van der Waals surface area contributed by atoms with Crippen LogP contribution >= 0.6 is 0 Å². The summed E-state index contributed by atoms with van der Waals surface area (Å²) in [6.07, 6.45) is 7.31. The summed E-state index contributed by atoms with van der Waals surface area (Å²) in [5, 5.41) is 3.25. The van der Waals surface area contributed by atoms with Crippen molar-refractivity contribution in [3.05, 3.63) is 0 Å². The van der Waals surface area contributed by atoms with Crippen molar-refractivity contribution >= 4 is 15.9 Å². The Morgan fingerprint density at radius 2 is 1.73 bits per heavy atom. The highest BCUT2D eigenvalue weighted by Crippen LogP contribution is 2.28. The van der Waals surface area contributed by atoms with Gasteiger partial charge in [0.05, 0.1) is 6.26 Å². The average Bonchev–Trinajstić information content (AvgIpc) is 2.90. The number of fused-ring (bicyclic) bond motifs is 1. The van der Waals surface area contributed by atoms with Gasteiger partial charge in [-0.05, 0) is 38.6 Å². The lowest BCUT2D eigenvalue weighted by atomic mass is 9.95. The fraction of sp³-hybridized carbons (Fsp3) is 0.933. The number of nitrogens with zero attached hydrogens (tertiary/aromatic N) is 2. The van der Waals surface area contributed by atoms with Crippen LogP contribution in [0.4, 0.5) is 0 Å². The summed E-state index contributed by atoms with van der Waals surface area (Å²) in [5.74, 6) is 0.0983. The summed E-state index contributed by atoms with van der Waals surface area (Å²) in [6, 6.07) is 0.814. The number of carbonyl (C=O) groups excluding carboxylic acids is 1. The first kappa shape index (κ1) is 16.2. The molecule has 0 bridgehead atoms. The molecule has 0 radical (unpaired) electrons. The molecule has 3 fully saturated rings. The van der Waals surface area contributed by atoms with E-state index >= 15 is 0 Å². The highest BCUT2D eigenvalue weighted by molar-refractivity contribution is 7.88. The first-order valence-corrected chi connectivity index (χ1v) is 10.3. The number of amides is 1. The summed E-state index contributed by atoms with van der Waals surface area (Å²) in [5.41, 5.74) is 0. The highest BCUT2D eigenvalue weighted by atomic mass is 32.2. The second-order valence-corrected chi connectivity index (χ2v) is 8.92. The molecular formula is C15H27N3O3S. The van der Waals surface area contributed by atoms with Crippen LogP contribution in [-0.2, 0) is 14.8 Å². The van der Waals surface area contributed by atoms with Crippen LogP contribution in [0.3, 0.4) is 0 Å². The molecule has 3 rings (SSSR count). The van der Waals surface area contributed by atoms with Gasteiger partial charge in [0.25, 0.3) is 0 Å². The monoisotopic (exact) mass is 329 g/mol. The number of hydrogen-bond acceptors (Lipinski definition) is 4. The Hall–Kier alpha value is -0.660. The van der Waals surface area contributed by atoms with Crippen molar-refractivity contribution in [1.82, 2.24) is 14.5 Å². The minimum Gasteiger partial charge on any atom is -0.352 e. The largest absolute Gasteiger partial charge is 0.352 e. The van der Waals surface area contributed by atoms with Gasteiger partial charge in [-0.15, -0.1) is 0 Å². The molecule has 0 aromatic heterocycles. The fourth-order valence-corrected chi connectivity index (χ4v) is 5.04. The van der Waals surface area contributed by atoms with E-state index in [2.05, 4.69) is 10.2 Å². The maximum atomic E-state index is 12.5. The van der Waals surface area contributed by atoms with Gasteiger partial charge in [-0.1, -0.05) is 6.42 Å². The maximum absolute atomic E-state index is 12.5. The van der Waals surface area contributed by atoms with Gasteiger partial charge in [0.2, 0.25) is 15.9 Å². The third kappa shape index (κ3) is 3.46. The first-order valence-electron chi connectivity index (χ1n) is 8.45. The molecule has 0 spiro atoms. The Morgan fingerprint density at radius 1 is 1.00 bits per heavy atom. The van der Waals surface area contributed by atoms with Crippen LogP contribution in [-0.4, -0.2) is 68.0 Å². The SMILES string of the molecule is CS(=O)(=O)N1CCC(C(=O)N[C@@H]2CCN3CCCC[C@@H]23)CC1. The Balaban J connectivity index is 1.51. The Labute approximate surface area is 133 Å². The van der Waals surface area contributed by atoms with Gasteiger partial charge >= 0.3 is 0 Å². The van der Waals surface area contributed by atoms with Crippen molar-refractivity contribution in [1.29, 1.82) is 0 Å². The van der Waals surface area contributed by atoms with Gasteiger partial charge in [0.1, 0.15) is 0 Å². The highest BCUT2D eigenvalue weighted by Gasteiger charge is 2.37. The molecule has 3 heterocycles. The van der Waals surface area contributed by atoms with E-state index in [1.165, 1.54) is 36.4 Å². The van der Waals surface area contributed by atoms with Crippen LogP contribution in [0.15, 0.2) is 0 Å². The second-order valence-electron chi connectivity index (χ2n) is 6.94. The Bertz CT molecular complexity index is 514. The fourth-order valence-electron chi connectivity index (χ4n) is 4.17. The molecule has 7 heteroatoms. The Kier molecular flexibility index (Phi) is 4.75. The van der Waals surface area contributed by atoms with Crippen molar-refractivity contribution in [2.24, 2.45) is 5.92 Å². The third-order valence-corrected chi connectivity index (χ3v) is 6.78. The summed E-state index contributed by atoms with van der Waals surface area (Å²) < 4.78 is 24.5. The lowest BCUT2D eigenvalue weighted by molar-refractivity contribution is -0.127. The number of carbonyl (C=O) groups is 1. The van der Waals surface area contributed by atoms with Crippen LogP contribution in [0.2, 0.25) is 0 Å². The summed E-state index contributed by atoms with van der Waals surface area (Å²) in [6.45, 7) is 3.21. The van der Waals surface area contributed by atoms with Gasteiger partial charge in [-0.2, -0.15) is 0 Å². The minimum absolute atomic E-state index is 0.0318. The number of nitrogens with one attached hydrogen (secondary N) is 1. The van der Waals surface area contributed by atoms with E-state index in [0.29, 0.717) is 38.0 Å². The van der Waals surface area contributed by atoms with Crippen molar-refractivity contribution < 1.29 is 13.2 Å². The number of piperidine rings is 2. The predicted molar refractivity (Wildman–Crippen MR) is 84.9 cm³/mol. The number of sulfonamides is 1. The average molecular weight is 329 g/mol. The van der Waals surface area contributed by atoms with E-state index in [9.17, 15) is 13.2 Å². The van der Waals surface area contributed by atoms with E-state index in [-0.39, 0.29) is 11.8 Å². The molecule has 0 saturated carbocycles. The molecular weight excluding hydrogens is 302 g/mol. The number of rotatable bonds is 3. The standard InChI is InChI=1S/C15H27N3O3S/c1-22(20,21)18-10-5-12(6-11-18)15(19)16-13-7-9-17-8-3-2-4-14(13)17/h12-14H,2-11H2,1H3,(H,16,19)/t13-,14+/m1/s1. The minimum atomic E-state index is -3.12. The van der Waals surface area contributed by atoms with Crippen LogP contribution in [0.25, 0.3) is 0 Å². The zero-order chi connectivity index (χ0) is 15.7. The summed E-state index contributed by atoms with van der Waals surface area (Å²) in [4.78, 5) is 15.0. The van der Waals surface area contributed by atoms with Gasteiger partial charge < -0.3 is 5.32 Å². The van der Waals surface area contributed by atoms with Crippen LogP contribution < -0.4 is 5.32 Å². The molecule has 3 saturated heterocycles. The van der Waals surface area contributed by atoms with E-state index < -0.39 is 10.0 Å². The van der Waals surface area contributed by atoms with Crippen LogP contribution in [0, 0.1) is 5.92 Å². The first-order chi connectivity index (χ1) is 10.4. The molecule has 3 aliphatic heterocycles. The molecule has 3 aliphatic rings. The Morgan fingerprint density at radius 3 is 2.41 bits per heavy atom. The maximum Gasteiger partial charge on any atom is 0.223 e. The molecule has 6 nitrogen and oxygen atoms in total. The lowest BCUT2D eigenvalue weighted by Gasteiger charge is -2.34. The quantitative estimate of drug-likeness (QED) is 0.814. The van der Waals surface area contributed by atoms with E-state index in [4.69, 9.17) is 0 Å². The van der Waals surface area contributed by atoms with E-state index in [1.807, 2.05) is 0 Å². The van der Waals surface area contributed by atoms with Gasteiger partial charge in [0, 0.05) is 37.6 Å². The molecule has 0 aliphatic carbocycles. The van der Waals surface area contributed by atoms with Crippen LogP contribution in [0.5, 0.6) is 0 Å². The molecule has 126 valence electrons. The normalized spacial score (nSPS) is 31.9. The lowest BCUT2D eigenvalue weighted by Crippen LogP contribution is -2.50. The van der Waals surface area contributed by atoms with Crippen molar-refractivity contribution in [2.45, 2.75) is 50.6 Å². The van der Waals surface area contributed by atoms with E-state index in [0.717, 1.165) is 13.0 Å². The summed E-state index contributed by atoms with van der Waals surface area (Å²) >= 11 is 0. The molecule has 22 heavy (non-hydrogen) atoms. The van der Waals surface area contributed by atoms with Crippen molar-refractivity contribution in [3.8, 4) is 0 Å². The third-order valence-electron chi connectivity index (χ3n) is 5.48. The topological polar surface area (TPSA) is 69.7 Å². The molecule has 0 unspecified atom stereocenters. The molecule has 1 amide bonds. The smallest absolute Gasteiger partial charge is 0.223 e.